The van der Waals surface area contributed by atoms with Crippen LogP contribution in [0.4, 0.5) is 0 Å². The molecule has 2 saturated heterocycles. The number of nitrogens with two attached hydrogens (primary N) is 2. The molecule has 2 aliphatic rings. The summed E-state index contributed by atoms with van der Waals surface area (Å²) in [6, 6.07) is 5.15. The summed E-state index contributed by atoms with van der Waals surface area (Å²) in [7, 11) is 1.32. The molecule has 2 aliphatic heterocycles. The van der Waals surface area contributed by atoms with Crippen LogP contribution in [-0.2, 0) is 91.2 Å². The molecule has 0 aliphatic carbocycles. The maximum absolute atomic E-state index is 14.8. The molecular weight excluding hydrogens is 1530 g/mol. The zero-order valence-electron chi connectivity index (χ0n) is 68.5. The fourth-order valence-corrected chi connectivity index (χ4v) is 14.3. The van der Waals surface area contributed by atoms with Gasteiger partial charge in [-0.1, -0.05) is 90.1 Å². The van der Waals surface area contributed by atoms with E-state index < -0.39 is 163 Å². The van der Waals surface area contributed by atoms with E-state index in [1.165, 1.54) is 26.5 Å². The molecule has 12 amide bonds. The molecule has 4 heterocycles. The summed E-state index contributed by atoms with van der Waals surface area (Å²) >= 11 is 0. The summed E-state index contributed by atoms with van der Waals surface area (Å²) in [5.41, 5.74) is 13.5. The molecule has 2 fully saturated rings. The number of aliphatic hydroxyl groups excluding tert-OH is 1. The van der Waals surface area contributed by atoms with Crippen LogP contribution in [0.5, 0.6) is 0 Å². The second-order valence-electron chi connectivity index (χ2n) is 31.6. The number of aromatic amines is 2. The Kier molecular flexibility index (Phi) is 39.0. The van der Waals surface area contributed by atoms with E-state index in [1.54, 1.807) is 89.3 Å². The molecule has 118 heavy (non-hydrogen) atoms. The molecule has 650 valence electrons. The second-order valence-corrected chi connectivity index (χ2v) is 31.6. The topological polar surface area (TPSA) is 561 Å². The molecule has 2 aromatic carbocycles. The Morgan fingerprint density at radius 3 is 1.56 bits per heavy atom. The predicted octanol–water partition coefficient (Wildman–Crippen LogP) is -3.42. The number of nitrogens with zero attached hydrogens (tertiary/aromatic N) is 7. The smallest absolute Gasteiger partial charge is 0.317 e. The van der Waals surface area contributed by atoms with E-state index in [4.69, 9.17) is 11.5 Å². The number of nitrogens with one attached hydrogen (secondary N) is 11. The van der Waals surface area contributed by atoms with Crippen molar-refractivity contribution in [1.82, 2.24) is 92.2 Å². The van der Waals surface area contributed by atoms with E-state index in [0.29, 0.717) is 53.7 Å². The lowest BCUT2D eigenvalue weighted by atomic mass is 9.96. The number of amides is 12. The predicted molar refractivity (Wildman–Crippen MR) is 431 cm³/mol. The SMILES string of the molecule is CC(C)C[C@H](NC(=O)C[C@H](O)[C@H](CC(C)C)NC(=O)[C@H](Cc1cnc[nH]1)NC(=O)CNC(=O)[C@H](C(C)C)N(C)C(=O)[C@H](C)NC(=O)[C@H](Cc1c[nH]c2ccccc12)NC(=O)[C@H](CCC(N)=O)NC(=O)[C@@H](Cc1ccccc1)NC(=O)CN1CCC(NC(=O)CN2CCN(CC(=O)O)CCN(CC(=O)O)CCN(CC(=O)O)CC2)CC1)C(N)=O. The third kappa shape index (κ3) is 33.5. The lowest BCUT2D eigenvalue weighted by Crippen LogP contribution is -2.60. The molecule has 0 bridgehead atoms. The third-order valence-electron chi connectivity index (χ3n) is 20.4. The van der Waals surface area contributed by atoms with Gasteiger partial charge in [0.1, 0.15) is 42.3 Å². The zero-order valence-corrected chi connectivity index (χ0v) is 68.5. The number of imidazole rings is 1. The summed E-state index contributed by atoms with van der Waals surface area (Å²) in [6.45, 7) is 12.6. The van der Waals surface area contributed by atoms with Gasteiger partial charge in [0.2, 0.25) is 70.9 Å². The largest absolute Gasteiger partial charge is 0.480 e. The second kappa shape index (κ2) is 48.0. The van der Waals surface area contributed by atoms with E-state index in [9.17, 15) is 92.3 Å². The van der Waals surface area contributed by atoms with Gasteiger partial charge in [0.25, 0.3) is 0 Å². The average molecular weight is 1650 g/mol. The number of aliphatic hydroxyl groups is 1. The number of carbonyl (C=O) groups excluding carboxylic acids is 12. The molecule has 0 spiro atoms. The lowest BCUT2D eigenvalue weighted by Gasteiger charge is -2.34. The number of likely N-dealkylation sites (N-methyl/N-ethyl adjacent to an activating group) is 1. The van der Waals surface area contributed by atoms with Crippen molar-refractivity contribution in [3.05, 3.63) is 90.1 Å². The van der Waals surface area contributed by atoms with Crippen molar-refractivity contribution in [2.45, 2.75) is 173 Å². The maximum Gasteiger partial charge on any atom is 0.317 e. The fourth-order valence-electron chi connectivity index (χ4n) is 14.3. The molecule has 39 heteroatoms. The molecule has 39 nitrogen and oxygen atoms in total. The van der Waals surface area contributed by atoms with E-state index in [2.05, 4.69) is 62.8 Å². The number of hydrogen-bond donors (Lipinski definition) is 17. The number of carbonyl (C=O) groups is 15. The normalized spacial score (nSPS) is 16.8. The van der Waals surface area contributed by atoms with Crippen molar-refractivity contribution < 1.29 is 92.3 Å². The average Bonchev–Trinajstić information content (AvgIpc) is 1.65. The van der Waals surface area contributed by atoms with Gasteiger partial charge >= 0.3 is 17.9 Å². The third-order valence-corrected chi connectivity index (χ3v) is 20.4. The zero-order chi connectivity index (χ0) is 86.9. The van der Waals surface area contributed by atoms with Gasteiger partial charge in [-0.25, -0.2) is 4.98 Å². The Labute approximate surface area is 685 Å². The van der Waals surface area contributed by atoms with E-state index >= 15 is 0 Å². The Bertz CT molecular complexity index is 3990. The van der Waals surface area contributed by atoms with Gasteiger partial charge in [-0.05, 0) is 74.0 Å². The van der Waals surface area contributed by atoms with E-state index in [0.717, 1.165) is 4.90 Å². The summed E-state index contributed by atoms with van der Waals surface area (Å²) in [5, 5.41) is 65.4. The maximum atomic E-state index is 14.8. The van der Waals surface area contributed by atoms with Crippen molar-refractivity contribution in [2.75, 3.05) is 112 Å². The summed E-state index contributed by atoms with van der Waals surface area (Å²) < 4.78 is 0. The summed E-state index contributed by atoms with van der Waals surface area (Å²) in [4.78, 5) is 222. The van der Waals surface area contributed by atoms with E-state index in [1.807, 2.05) is 37.5 Å². The number of benzene rings is 2. The molecule has 0 unspecified atom stereocenters. The number of piperidine rings is 1. The number of carboxylic acids is 3. The minimum Gasteiger partial charge on any atom is -0.480 e. The summed E-state index contributed by atoms with van der Waals surface area (Å²) in [5.74, 6) is -12.9. The molecular formula is C79H120N20O19. The standard InChI is InChI=1S/C79H120N20O19/c1-47(2)32-58(63(100)37-65(102)88-59(73(81)112)33-48(3)4)92-77(116)62(36-54-39-82-46-85-54)89-66(103)40-84-78(117)72(49(5)6)94(8)79(118)50(7)86-75(114)61(35-52-38-83-56-17-13-12-16-55(52)56)93-74(113)57(18-19-64(80)101)91-76(115)60(34-51-14-10-9-11-15-51)90-68(105)42-95-22-20-53(21-23-95)87-67(104)41-96-24-26-97(43-69(106)107)28-30-99(45-71(110)111)31-29-98(27-25-96)44-70(108)109/h9-17,38-39,46-50,53,57-63,72,83,100H,18-37,40-45H2,1-8H3,(H2,80,101)(H2,81,112)(H,82,85)(H,84,117)(H,86,114)(H,87,104)(H,88,102)(H,89,103)(H,90,105)(H,91,115)(H,92,116)(H,93,113)(H,106,107)(H,108,109)(H,110,111)/t50-,57-,58-,59-,60+,61-,62-,63-,72-/m0/s1. The molecule has 6 rings (SSSR count). The highest BCUT2D eigenvalue weighted by molar-refractivity contribution is 5.98. The first-order valence-corrected chi connectivity index (χ1v) is 39.9. The van der Waals surface area contributed by atoms with E-state index in [-0.39, 0.29) is 147 Å². The Morgan fingerprint density at radius 2 is 1.02 bits per heavy atom. The minimum absolute atomic E-state index is 0.00668. The van der Waals surface area contributed by atoms with Crippen molar-refractivity contribution in [3.8, 4) is 0 Å². The monoisotopic (exact) mass is 1650 g/mol. The minimum atomic E-state index is -1.56. The lowest BCUT2D eigenvalue weighted by molar-refractivity contribution is -0.143. The van der Waals surface area contributed by atoms with Crippen LogP contribution < -0.4 is 59.3 Å². The van der Waals surface area contributed by atoms with Crippen molar-refractivity contribution in [3.63, 3.8) is 0 Å². The summed E-state index contributed by atoms with van der Waals surface area (Å²) in [6.07, 6.45) is 2.62. The fraction of sp³-hybridized carbons (Fsp3) is 0.595. The van der Waals surface area contributed by atoms with Gasteiger partial charge in [-0.2, -0.15) is 0 Å². The number of fused-ring (bicyclic) bond motifs is 1. The van der Waals surface area contributed by atoms with Crippen molar-refractivity contribution in [2.24, 2.45) is 29.2 Å². The van der Waals surface area contributed by atoms with Gasteiger partial charge in [-0.15, -0.1) is 0 Å². The first-order chi connectivity index (χ1) is 55.9. The Morgan fingerprint density at radius 1 is 0.525 bits per heavy atom. The molecule has 0 radical (unpaired) electrons. The number of H-pyrrole nitrogens is 2. The first-order valence-electron chi connectivity index (χ1n) is 39.9. The highest BCUT2D eigenvalue weighted by Crippen LogP contribution is 2.22. The van der Waals surface area contributed by atoms with Gasteiger partial charge in [0, 0.05) is 133 Å². The molecule has 4 aromatic rings. The van der Waals surface area contributed by atoms with Gasteiger partial charge in [-0.3, -0.25) is 96.4 Å². The van der Waals surface area contributed by atoms with Crippen molar-refractivity contribution >= 4 is 99.7 Å². The van der Waals surface area contributed by atoms with Crippen molar-refractivity contribution in [1.29, 1.82) is 0 Å². The first kappa shape index (κ1) is 95.8. The molecule has 0 saturated carbocycles. The van der Waals surface area contributed by atoms with Crippen LogP contribution in [0.2, 0.25) is 0 Å². The number of primary amides is 2. The highest BCUT2D eigenvalue weighted by atomic mass is 16.4. The van der Waals surface area contributed by atoms with Crippen LogP contribution in [0, 0.1) is 17.8 Å². The van der Waals surface area contributed by atoms with Crippen LogP contribution in [0.15, 0.2) is 73.3 Å². The van der Waals surface area contributed by atoms with Gasteiger partial charge in [0.15, 0.2) is 0 Å². The van der Waals surface area contributed by atoms with Crippen LogP contribution >= 0.6 is 0 Å². The number of rotatable bonds is 45. The van der Waals surface area contributed by atoms with Gasteiger partial charge < -0.3 is 94.6 Å². The number of carboxylic acid groups (broad SMARTS) is 3. The van der Waals surface area contributed by atoms with Crippen LogP contribution in [-0.4, -0.2) is 326 Å². The molecule has 9 atom stereocenters. The van der Waals surface area contributed by atoms with Crippen LogP contribution in [0.3, 0.4) is 0 Å². The molecule has 2 aromatic heterocycles. The number of aromatic nitrogens is 3. The number of hydrogen-bond acceptors (Lipinski definition) is 22. The Hall–Kier alpha value is -11.0. The van der Waals surface area contributed by atoms with Gasteiger partial charge in [0.05, 0.1) is 64.2 Å². The highest BCUT2D eigenvalue weighted by Gasteiger charge is 2.38. The molecule has 19 N–H and O–H groups in total. The number of aliphatic carboxylic acids is 3. The van der Waals surface area contributed by atoms with Crippen LogP contribution in [0.1, 0.15) is 110 Å². The van der Waals surface area contributed by atoms with Crippen LogP contribution in [0.25, 0.3) is 10.9 Å². The Balaban J connectivity index is 1.10. The number of likely N-dealkylation sites (tertiary alicyclic amines) is 1. The quantitative estimate of drug-likeness (QED) is 0.0205. The number of para-hydroxylation sites is 1.